The van der Waals surface area contributed by atoms with Gasteiger partial charge in [0.2, 0.25) is 11.8 Å². The van der Waals surface area contributed by atoms with Crippen molar-refractivity contribution in [3.8, 4) is 5.75 Å². The molecule has 0 aromatic heterocycles. The van der Waals surface area contributed by atoms with Gasteiger partial charge in [-0.15, -0.1) is 0 Å². The number of hydrogen-bond acceptors (Lipinski definition) is 4. The number of ether oxygens (including phenoxy) is 1. The van der Waals surface area contributed by atoms with E-state index in [4.69, 9.17) is 10.5 Å². The first-order chi connectivity index (χ1) is 9.60. The van der Waals surface area contributed by atoms with E-state index in [2.05, 4.69) is 5.32 Å². The third kappa shape index (κ3) is 3.40. The first-order valence-electron chi connectivity index (χ1n) is 6.61. The number of likely N-dealkylation sites (tertiary alicyclic amines) is 1. The van der Waals surface area contributed by atoms with E-state index in [0.29, 0.717) is 30.1 Å². The van der Waals surface area contributed by atoms with Crippen molar-refractivity contribution in [3.05, 3.63) is 18.2 Å². The van der Waals surface area contributed by atoms with Crippen LogP contribution in [0, 0.1) is 0 Å². The summed E-state index contributed by atoms with van der Waals surface area (Å²) in [4.78, 5) is 25.2. The molecule has 0 unspecified atom stereocenters. The van der Waals surface area contributed by atoms with Gasteiger partial charge in [-0.1, -0.05) is 0 Å². The smallest absolute Gasteiger partial charge is 0.244 e. The monoisotopic (exact) mass is 277 g/mol. The van der Waals surface area contributed by atoms with Gasteiger partial charge in [-0.2, -0.15) is 0 Å². The fraction of sp³-hybridized carbons (Fsp3) is 0.429. The second kappa shape index (κ2) is 6.27. The fourth-order valence-corrected chi connectivity index (χ4v) is 2.17. The van der Waals surface area contributed by atoms with E-state index in [1.165, 1.54) is 0 Å². The number of nitrogens with one attached hydrogen (secondary N) is 1. The lowest BCUT2D eigenvalue weighted by molar-refractivity contribution is -0.136. The molecule has 6 nitrogen and oxygen atoms in total. The molecule has 0 radical (unpaired) electrons. The van der Waals surface area contributed by atoms with Crippen LogP contribution in [0.5, 0.6) is 5.75 Å². The third-order valence-electron chi connectivity index (χ3n) is 3.29. The normalized spacial score (nSPS) is 15.1. The van der Waals surface area contributed by atoms with Gasteiger partial charge in [0.25, 0.3) is 0 Å². The Balaban J connectivity index is 1.95. The SMILES string of the molecule is COc1ccc(NC(=O)CN2CCCCC2=O)c(N)c1. The third-order valence-corrected chi connectivity index (χ3v) is 3.29. The van der Waals surface area contributed by atoms with Crippen molar-refractivity contribution >= 4 is 23.2 Å². The highest BCUT2D eigenvalue weighted by Gasteiger charge is 2.20. The summed E-state index contributed by atoms with van der Waals surface area (Å²) in [7, 11) is 1.55. The van der Waals surface area contributed by atoms with Gasteiger partial charge in [0.05, 0.1) is 25.0 Å². The average molecular weight is 277 g/mol. The summed E-state index contributed by atoms with van der Waals surface area (Å²) in [5, 5.41) is 2.72. The summed E-state index contributed by atoms with van der Waals surface area (Å²) in [5.41, 5.74) is 6.79. The van der Waals surface area contributed by atoms with E-state index in [-0.39, 0.29) is 18.4 Å². The van der Waals surface area contributed by atoms with E-state index >= 15 is 0 Å². The van der Waals surface area contributed by atoms with Crippen LogP contribution < -0.4 is 15.8 Å². The van der Waals surface area contributed by atoms with Crippen LogP contribution in [0.3, 0.4) is 0 Å². The van der Waals surface area contributed by atoms with Crippen molar-refractivity contribution in [1.29, 1.82) is 0 Å². The molecule has 1 saturated heterocycles. The fourth-order valence-electron chi connectivity index (χ4n) is 2.17. The number of anilines is 2. The highest BCUT2D eigenvalue weighted by Crippen LogP contribution is 2.24. The Labute approximate surface area is 117 Å². The maximum absolute atomic E-state index is 11.9. The molecule has 3 N–H and O–H groups in total. The zero-order valence-corrected chi connectivity index (χ0v) is 11.5. The molecule has 20 heavy (non-hydrogen) atoms. The van der Waals surface area contributed by atoms with Gasteiger partial charge in [-0.3, -0.25) is 9.59 Å². The summed E-state index contributed by atoms with van der Waals surface area (Å²) in [6, 6.07) is 5.05. The van der Waals surface area contributed by atoms with Crippen molar-refractivity contribution in [3.63, 3.8) is 0 Å². The van der Waals surface area contributed by atoms with Crippen LogP contribution in [0.1, 0.15) is 19.3 Å². The summed E-state index contributed by atoms with van der Waals surface area (Å²) in [6.07, 6.45) is 2.38. The van der Waals surface area contributed by atoms with Crippen LogP contribution in [0.15, 0.2) is 18.2 Å². The minimum Gasteiger partial charge on any atom is -0.497 e. The molecule has 108 valence electrons. The van der Waals surface area contributed by atoms with Crippen LogP contribution in [-0.2, 0) is 9.59 Å². The lowest BCUT2D eigenvalue weighted by atomic mass is 10.1. The Morgan fingerprint density at radius 3 is 2.90 bits per heavy atom. The number of rotatable bonds is 4. The molecule has 2 rings (SSSR count). The molecule has 0 spiro atoms. The maximum atomic E-state index is 11.9. The molecular weight excluding hydrogens is 258 g/mol. The lowest BCUT2D eigenvalue weighted by Gasteiger charge is -2.26. The Morgan fingerprint density at radius 1 is 1.45 bits per heavy atom. The summed E-state index contributed by atoms with van der Waals surface area (Å²) in [6.45, 7) is 0.717. The van der Waals surface area contributed by atoms with Gasteiger partial charge in [-0.05, 0) is 25.0 Å². The van der Waals surface area contributed by atoms with Crippen molar-refractivity contribution in [2.45, 2.75) is 19.3 Å². The molecular formula is C14H19N3O3. The Morgan fingerprint density at radius 2 is 2.25 bits per heavy atom. The van der Waals surface area contributed by atoms with Gasteiger partial charge in [0, 0.05) is 19.0 Å². The van der Waals surface area contributed by atoms with Crippen LogP contribution in [0.4, 0.5) is 11.4 Å². The van der Waals surface area contributed by atoms with E-state index < -0.39 is 0 Å². The number of nitrogens with zero attached hydrogens (tertiary/aromatic N) is 1. The van der Waals surface area contributed by atoms with E-state index in [9.17, 15) is 9.59 Å². The molecule has 6 heteroatoms. The number of amides is 2. The zero-order valence-electron chi connectivity index (χ0n) is 11.5. The highest BCUT2D eigenvalue weighted by atomic mass is 16.5. The van der Waals surface area contributed by atoms with E-state index in [1.807, 2.05) is 0 Å². The van der Waals surface area contributed by atoms with Crippen LogP contribution in [0.25, 0.3) is 0 Å². The number of piperidine rings is 1. The van der Waals surface area contributed by atoms with Crippen LogP contribution >= 0.6 is 0 Å². The molecule has 1 aromatic rings. The summed E-state index contributed by atoms with van der Waals surface area (Å²) in [5.74, 6) is 0.429. The van der Waals surface area contributed by atoms with Crippen molar-refractivity contribution in [2.75, 3.05) is 31.2 Å². The van der Waals surface area contributed by atoms with Gasteiger partial charge >= 0.3 is 0 Å². The van der Waals surface area contributed by atoms with Crippen molar-refractivity contribution in [2.24, 2.45) is 0 Å². The number of benzene rings is 1. The number of hydrogen-bond donors (Lipinski definition) is 2. The van der Waals surface area contributed by atoms with Gasteiger partial charge in [-0.25, -0.2) is 0 Å². The Bertz CT molecular complexity index is 516. The second-order valence-corrected chi connectivity index (χ2v) is 4.77. The summed E-state index contributed by atoms with van der Waals surface area (Å²) < 4.78 is 5.04. The molecule has 0 saturated carbocycles. The minimum atomic E-state index is -0.239. The standard InChI is InChI=1S/C14H19N3O3/c1-20-10-5-6-12(11(15)8-10)16-13(18)9-17-7-3-2-4-14(17)19/h5-6,8H,2-4,7,9,15H2,1H3,(H,16,18). The first-order valence-corrected chi connectivity index (χ1v) is 6.61. The summed E-state index contributed by atoms with van der Waals surface area (Å²) >= 11 is 0. The number of carbonyl (C=O) groups is 2. The Kier molecular flexibility index (Phi) is 4.45. The second-order valence-electron chi connectivity index (χ2n) is 4.77. The number of nitrogens with two attached hydrogens (primary N) is 1. The first kappa shape index (κ1) is 14.2. The number of carbonyl (C=O) groups excluding carboxylic acids is 2. The molecule has 1 heterocycles. The maximum Gasteiger partial charge on any atom is 0.244 e. The van der Waals surface area contributed by atoms with Crippen molar-refractivity contribution < 1.29 is 14.3 Å². The molecule has 1 aromatic carbocycles. The topological polar surface area (TPSA) is 84.7 Å². The van der Waals surface area contributed by atoms with Gasteiger partial charge in [0.15, 0.2) is 0 Å². The quantitative estimate of drug-likeness (QED) is 0.811. The largest absolute Gasteiger partial charge is 0.497 e. The molecule has 1 fully saturated rings. The van der Waals surface area contributed by atoms with E-state index in [0.717, 1.165) is 12.8 Å². The van der Waals surface area contributed by atoms with Gasteiger partial charge < -0.3 is 20.7 Å². The minimum absolute atomic E-state index is 0.0362. The highest BCUT2D eigenvalue weighted by molar-refractivity contribution is 5.97. The zero-order chi connectivity index (χ0) is 14.5. The van der Waals surface area contributed by atoms with Gasteiger partial charge in [0.1, 0.15) is 5.75 Å². The molecule has 0 atom stereocenters. The average Bonchev–Trinajstić information content (AvgIpc) is 2.43. The molecule has 1 aliphatic rings. The molecule has 0 bridgehead atoms. The number of methoxy groups -OCH3 is 1. The van der Waals surface area contributed by atoms with Crippen molar-refractivity contribution in [1.82, 2.24) is 4.90 Å². The lowest BCUT2D eigenvalue weighted by Crippen LogP contribution is -2.40. The predicted molar refractivity (Wildman–Crippen MR) is 76.5 cm³/mol. The van der Waals surface area contributed by atoms with Crippen LogP contribution in [0.2, 0.25) is 0 Å². The number of nitrogen functional groups attached to an aromatic ring is 1. The predicted octanol–water partition coefficient (Wildman–Crippen LogP) is 1.23. The van der Waals surface area contributed by atoms with Crippen LogP contribution in [-0.4, -0.2) is 36.9 Å². The molecule has 1 aliphatic heterocycles. The Hall–Kier alpha value is -2.24. The molecule has 2 amide bonds. The molecule has 0 aliphatic carbocycles. The van der Waals surface area contributed by atoms with E-state index in [1.54, 1.807) is 30.2 Å².